The number of carboxylic acids is 1. The molecule has 1 fully saturated rings. The van der Waals surface area contributed by atoms with Gasteiger partial charge in [0.1, 0.15) is 6.04 Å². The van der Waals surface area contributed by atoms with Crippen molar-refractivity contribution in [3.05, 3.63) is 12.2 Å². The van der Waals surface area contributed by atoms with E-state index >= 15 is 0 Å². The van der Waals surface area contributed by atoms with Crippen LogP contribution in [-0.4, -0.2) is 40.6 Å². The number of amides is 2. The van der Waals surface area contributed by atoms with Crippen LogP contribution >= 0.6 is 0 Å². The summed E-state index contributed by atoms with van der Waals surface area (Å²) in [5.74, 6) is -0.887. The summed E-state index contributed by atoms with van der Waals surface area (Å²) in [6.07, 6.45) is 10.2. The number of urea groups is 1. The molecule has 1 atom stereocenters. The molecule has 0 saturated carbocycles. The van der Waals surface area contributed by atoms with Gasteiger partial charge in [0.2, 0.25) is 0 Å². The van der Waals surface area contributed by atoms with Crippen molar-refractivity contribution in [2.75, 3.05) is 6.54 Å². The van der Waals surface area contributed by atoms with Gasteiger partial charge in [-0.1, -0.05) is 31.4 Å². The second-order valence-electron chi connectivity index (χ2n) is 5.34. The Morgan fingerprint density at radius 2 is 1.79 bits per heavy atom. The molecule has 106 valence electrons. The van der Waals surface area contributed by atoms with Gasteiger partial charge in [0, 0.05) is 12.6 Å². The first kappa shape index (κ1) is 13.9. The molecule has 1 heterocycles. The van der Waals surface area contributed by atoms with Crippen LogP contribution in [-0.2, 0) is 4.79 Å². The summed E-state index contributed by atoms with van der Waals surface area (Å²) in [6, 6.07) is -0.759. The summed E-state index contributed by atoms with van der Waals surface area (Å²) in [6.45, 7) is 0.545. The number of rotatable bonds is 2. The van der Waals surface area contributed by atoms with E-state index in [2.05, 4.69) is 5.32 Å². The number of carbonyl (C=O) groups is 2. The molecule has 0 aromatic heterocycles. The Balaban J connectivity index is 1.98. The highest BCUT2D eigenvalue weighted by molar-refractivity contribution is 5.82. The maximum absolute atomic E-state index is 12.3. The zero-order chi connectivity index (χ0) is 13.7. The lowest BCUT2D eigenvalue weighted by Gasteiger charge is -2.32. The molecule has 19 heavy (non-hydrogen) atoms. The van der Waals surface area contributed by atoms with E-state index in [0.717, 1.165) is 38.5 Å². The molecule has 0 spiro atoms. The van der Waals surface area contributed by atoms with E-state index in [1.165, 1.54) is 4.90 Å². The zero-order valence-corrected chi connectivity index (χ0v) is 11.2. The fraction of sp³-hybridized carbons (Fsp3) is 0.714. The SMILES string of the molecule is O=C(O)C1CCCCCCN1C(=O)NC1CC=CC1. The number of carbonyl (C=O) groups excluding carboxylic acids is 1. The number of likely N-dealkylation sites (tertiary alicyclic amines) is 1. The molecule has 0 bridgehead atoms. The van der Waals surface area contributed by atoms with Crippen LogP contribution in [0.5, 0.6) is 0 Å². The Morgan fingerprint density at radius 3 is 2.47 bits per heavy atom. The van der Waals surface area contributed by atoms with Crippen LogP contribution in [0.15, 0.2) is 12.2 Å². The van der Waals surface area contributed by atoms with Gasteiger partial charge < -0.3 is 15.3 Å². The van der Waals surface area contributed by atoms with Crippen LogP contribution in [0.4, 0.5) is 4.79 Å². The van der Waals surface area contributed by atoms with Crippen LogP contribution in [0.3, 0.4) is 0 Å². The first-order valence-electron chi connectivity index (χ1n) is 7.13. The minimum absolute atomic E-state index is 0.132. The number of aliphatic carboxylic acids is 1. The molecule has 1 aliphatic carbocycles. The maximum atomic E-state index is 12.3. The van der Waals surface area contributed by atoms with E-state index < -0.39 is 12.0 Å². The third kappa shape index (κ3) is 3.72. The van der Waals surface area contributed by atoms with Crippen molar-refractivity contribution in [1.29, 1.82) is 0 Å². The van der Waals surface area contributed by atoms with Crippen molar-refractivity contribution in [2.45, 2.75) is 57.0 Å². The Kier molecular flexibility index (Phi) is 4.82. The Hall–Kier alpha value is -1.52. The third-order valence-electron chi connectivity index (χ3n) is 3.88. The van der Waals surface area contributed by atoms with Gasteiger partial charge >= 0.3 is 12.0 Å². The number of hydrogen-bond acceptors (Lipinski definition) is 2. The van der Waals surface area contributed by atoms with Gasteiger partial charge in [-0.2, -0.15) is 0 Å². The minimum atomic E-state index is -0.887. The van der Waals surface area contributed by atoms with Crippen molar-refractivity contribution in [3.8, 4) is 0 Å². The molecule has 5 nitrogen and oxygen atoms in total. The molecule has 2 N–H and O–H groups in total. The lowest BCUT2D eigenvalue weighted by molar-refractivity contribution is -0.142. The molecular formula is C14H22N2O3. The lowest BCUT2D eigenvalue weighted by Crippen LogP contribution is -2.52. The first-order valence-corrected chi connectivity index (χ1v) is 7.13. The predicted molar refractivity (Wildman–Crippen MR) is 71.9 cm³/mol. The Bertz CT molecular complexity index is 360. The molecule has 1 unspecified atom stereocenters. The predicted octanol–water partition coefficient (Wildman–Crippen LogP) is 2.13. The van der Waals surface area contributed by atoms with Gasteiger partial charge in [0.05, 0.1) is 0 Å². The smallest absolute Gasteiger partial charge is 0.326 e. The monoisotopic (exact) mass is 266 g/mol. The zero-order valence-electron chi connectivity index (χ0n) is 11.2. The van der Waals surface area contributed by atoms with E-state index in [-0.39, 0.29) is 12.1 Å². The van der Waals surface area contributed by atoms with Crippen LogP contribution in [0.1, 0.15) is 44.9 Å². The van der Waals surface area contributed by atoms with Gasteiger partial charge in [-0.25, -0.2) is 9.59 Å². The standard InChI is InChI=1S/C14H22N2O3/c17-13(18)12-9-3-1-2-6-10-16(12)14(19)15-11-7-4-5-8-11/h4-5,11-12H,1-3,6-10H2,(H,15,19)(H,17,18). The summed E-state index contributed by atoms with van der Waals surface area (Å²) in [4.78, 5) is 25.1. The average molecular weight is 266 g/mol. The summed E-state index contributed by atoms with van der Waals surface area (Å²) in [7, 11) is 0. The van der Waals surface area contributed by atoms with Crippen molar-refractivity contribution in [2.24, 2.45) is 0 Å². The summed E-state index contributed by atoms with van der Waals surface area (Å²) in [5, 5.41) is 12.2. The van der Waals surface area contributed by atoms with Gasteiger partial charge in [-0.3, -0.25) is 0 Å². The van der Waals surface area contributed by atoms with Gasteiger partial charge in [0.25, 0.3) is 0 Å². The topological polar surface area (TPSA) is 69.6 Å². The van der Waals surface area contributed by atoms with Crippen molar-refractivity contribution in [1.82, 2.24) is 10.2 Å². The Labute approximate surface area is 113 Å². The summed E-state index contributed by atoms with van der Waals surface area (Å²) < 4.78 is 0. The van der Waals surface area contributed by atoms with Gasteiger partial charge in [-0.15, -0.1) is 0 Å². The first-order chi connectivity index (χ1) is 9.18. The van der Waals surface area contributed by atoms with Crippen LogP contribution in [0.25, 0.3) is 0 Å². The molecule has 0 aromatic carbocycles. The molecule has 0 radical (unpaired) electrons. The lowest BCUT2D eigenvalue weighted by atomic mass is 10.0. The van der Waals surface area contributed by atoms with Crippen LogP contribution < -0.4 is 5.32 Å². The number of nitrogens with one attached hydrogen (secondary N) is 1. The molecule has 5 heteroatoms. The second kappa shape index (κ2) is 6.59. The molecule has 1 saturated heterocycles. The number of carboxylic acid groups (broad SMARTS) is 1. The van der Waals surface area contributed by atoms with E-state index in [1.54, 1.807) is 0 Å². The molecule has 2 aliphatic rings. The van der Waals surface area contributed by atoms with E-state index in [4.69, 9.17) is 0 Å². The van der Waals surface area contributed by atoms with E-state index in [0.29, 0.717) is 13.0 Å². The van der Waals surface area contributed by atoms with Gasteiger partial charge in [-0.05, 0) is 25.7 Å². The van der Waals surface area contributed by atoms with Crippen LogP contribution in [0, 0.1) is 0 Å². The maximum Gasteiger partial charge on any atom is 0.326 e. The average Bonchev–Trinajstić information content (AvgIpc) is 2.80. The van der Waals surface area contributed by atoms with Gasteiger partial charge in [0.15, 0.2) is 0 Å². The quantitative estimate of drug-likeness (QED) is 0.752. The minimum Gasteiger partial charge on any atom is -0.480 e. The molecule has 2 amide bonds. The molecule has 1 aliphatic heterocycles. The highest BCUT2D eigenvalue weighted by Crippen LogP contribution is 2.18. The largest absolute Gasteiger partial charge is 0.480 e. The summed E-state index contributed by atoms with van der Waals surface area (Å²) >= 11 is 0. The van der Waals surface area contributed by atoms with E-state index in [9.17, 15) is 14.7 Å². The number of nitrogens with zero attached hydrogens (tertiary/aromatic N) is 1. The van der Waals surface area contributed by atoms with Crippen LogP contribution in [0.2, 0.25) is 0 Å². The van der Waals surface area contributed by atoms with Crippen molar-refractivity contribution in [3.63, 3.8) is 0 Å². The Morgan fingerprint density at radius 1 is 1.11 bits per heavy atom. The fourth-order valence-electron chi connectivity index (χ4n) is 2.78. The molecular weight excluding hydrogens is 244 g/mol. The van der Waals surface area contributed by atoms with E-state index in [1.807, 2.05) is 12.2 Å². The third-order valence-corrected chi connectivity index (χ3v) is 3.88. The fourth-order valence-corrected chi connectivity index (χ4v) is 2.78. The van der Waals surface area contributed by atoms with Crippen molar-refractivity contribution < 1.29 is 14.7 Å². The normalized spacial score (nSPS) is 24.8. The number of hydrogen-bond donors (Lipinski definition) is 2. The highest BCUT2D eigenvalue weighted by Gasteiger charge is 2.30. The second-order valence-corrected chi connectivity index (χ2v) is 5.34. The molecule has 0 aromatic rings. The van der Waals surface area contributed by atoms with Crippen molar-refractivity contribution >= 4 is 12.0 Å². The summed E-state index contributed by atoms with van der Waals surface area (Å²) in [5.41, 5.74) is 0. The molecule has 2 rings (SSSR count). The highest BCUT2D eigenvalue weighted by atomic mass is 16.4.